The largest absolute Gasteiger partial charge is 0.323 e. The first-order valence-corrected chi connectivity index (χ1v) is 9.18. The summed E-state index contributed by atoms with van der Waals surface area (Å²) in [6.07, 6.45) is 8.80. The third-order valence-corrected chi connectivity index (χ3v) is 6.09. The van der Waals surface area contributed by atoms with Crippen molar-refractivity contribution < 1.29 is 27.4 Å². The Morgan fingerprint density at radius 2 is 1.46 bits per heavy atom. The Kier molecular flexibility index (Phi) is 4.61. The second-order valence-corrected chi connectivity index (χ2v) is 7.68. The van der Waals surface area contributed by atoms with Gasteiger partial charge in [0.1, 0.15) is 0 Å². The molecule has 0 unspecified atom stereocenters. The first-order chi connectivity index (χ1) is 12.5. The van der Waals surface area contributed by atoms with Crippen molar-refractivity contribution in [3.8, 4) is 0 Å². The van der Waals surface area contributed by atoms with Crippen molar-refractivity contribution >= 4 is 0 Å². The molecule has 142 valence electrons. The van der Waals surface area contributed by atoms with E-state index in [1.165, 1.54) is 0 Å². The van der Waals surface area contributed by atoms with E-state index >= 15 is 0 Å². The summed E-state index contributed by atoms with van der Waals surface area (Å²) in [6.45, 7) is 3.27. The smallest absolute Gasteiger partial charge is 0.312 e. The lowest BCUT2D eigenvalue weighted by molar-refractivity contribution is -0.486. The quantitative estimate of drug-likeness (QED) is 0.574. The van der Waals surface area contributed by atoms with Crippen molar-refractivity contribution in [1.82, 2.24) is 0 Å². The van der Waals surface area contributed by atoms with Crippen LogP contribution in [-0.4, -0.2) is 19.8 Å². The van der Waals surface area contributed by atoms with E-state index in [4.69, 9.17) is 14.2 Å². The van der Waals surface area contributed by atoms with Crippen LogP contribution in [0.2, 0.25) is 0 Å². The molecule has 6 heteroatoms. The van der Waals surface area contributed by atoms with Gasteiger partial charge in [0.25, 0.3) is 0 Å². The van der Waals surface area contributed by atoms with E-state index in [0.29, 0.717) is 31.7 Å². The van der Waals surface area contributed by atoms with Crippen LogP contribution in [0.5, 0.6) is 0 Å². The Bertz CT molecular complexity index is 663. The molecule has 1 aliphatic carbocycles. The highest BCUT2D eigenvalue weighted by Crippen LogP contribution is 2.51. The van der Waals surface area contributed by atoms with Crippen LogP contribution in [0, 0.1) is 34.7 Å². The maximum Gasteiger partial charge on any atom is 0.312 e. The van der Waals surface area contributed by atoms with E-state index < -0.39 is 23.4 Å². The van der Waals surface area contributed by atoms with Gasteiger partial charge in [0, 0.05) is 11.0 Å². The molecule has 0 amide bonds. The molecule has 0 spiro atoms. The van der Waals surface area contributed by atoms with Gasteiger partial charge in [-0.3, -0.25) is 0 Å². The predicted octanol–water partition coefficient (Wildman–Crippen LogP) is 4.66. The van der Waals surface area contributed by atoms with Gasteiger partial charge in [-0.1, -0.05) is 12.2 Å². The van der Waals surface area contributed by atoms with E-state index in [9.17, 15) is 13.2 Å². The summed E-state index contributed by atoms with van der Waals surface area (Å²) < 4.78 is 57.9. The average Bonchev–Trinajstić information content (AvgIpc) is 2.68. The topological polar surface area (TPSA) is 27.7 Å². The molecule has 0 aromatic heterocycles. The molecule has 4 aliphatic rings. The molecule has 1 aromatic rings. The fraction of sp³-hybridized carbons (Fsp3) is 0.600. The lowest BCUT2D eigenvalue weighted by Crippen LogP contribution is -2.61. The zero-order chi connectivity index (χ0) is 18.4. The summed E-state index contributed by atoms with van der Waals surface area (Å²) in [5.41, 5.74) is -0.209. The summed E-state index contributed by atoms with van der Waals surface area (Å²) >= 11 is 0. The molecule has 1 saturated carbocycles. The van der Waals surface area contributed by atoms with Crippen LogP contribution in [0.15, 0.2) is 24.3 Å². The van der Waals surface area contributed by atoms with Gasteiger partial charge < -0.3 is 14.2 Å². The lowest BCUT2D eigenvalue weighted by Gasteiger charge is -2.55. The number of rotatable bonds is 3. The number of ether oxygens (including phenoxy) is 3. The van der Waals surface area contributed by atoms with E-state index in [-0.39, 0.29) is 11.0 Å². The SMILES string of the molecule is C/C=C/C1CCC(C23COC(c4cc(F)c(F)c(F)c4)(OC2)OC3)CC1. The highest BCUT2D eigenvalue weighted by molar-refractivity contribution is 5.23. The summed E-state index contributed by atoms with van der Waals surface area (Å²) in [6, 6.07) is 1.75. The summed E-state index contributed by atoms with van der Waals surface area (Å²) in [7, 11) is 0. The van der Waals surface area contributed by atoms with Crippen molar-refractivity contribution in [3.05, 3.63) is 47.3 Å². The molecule has 3 saturated heterocycles. The van der Waals surface area contributed by atoms with Crippen LogP contribution >= 0.6 is 0 Å². The zero-order valence-electron chi connectivity index (χ0n) is 14.8. The number of benzene rings is 1. The Labute approximate surface area is 151 Å². The van der Waals surface area contributed by atoms with Gasteiger partial charge in [0.2, 0.25) is 0 Å². The van der Waals surface area contributed by atoms with E-state index in [1.54, 1.807) is 0 Å². The van der Waals surface area contributed by atoms with Crippen molar-refractivity contribution in [1.29, 1.82) is 0 Å². The monoisotopic (exact) mass is 368 g/mol. The first kappa shape index (κ1) is 18.0. The normalized spacial score (nSPS) is 37.4. The van der Waals surface area contributed by atoms with Gasteiger partial charge in [-0.15, -0.1) is 0 Å². The Morgan fingerprint density at radius 1 is 0.923 bits per heavy atom. The van der Waals surface area contributed by atoms with Gasteiger partial charge in [-0.25, -0.2) is 13.2 Å². The third-order valence-electron chi connectivity index (χ3n) is 6.09. The Hall–Kier alpha value is -1.37. The number of hydrogen-bond acceptors (Lipinski definition) is 3. The van der Waals surface area contributed by atoms with Crippen molar-refractivity contribution in [2.75, 3.05) is 19.8 Å². The summed E-state index contributed by atoms with van der Waals surface area (Å²) in [5, 5.41) is 0. The van der Waals surface area contributed by atoms with Crippen molar-refractivity contribution in [3.63, 3.8) is 0 Å². The van der Waals surface area contributed by atoms with E-state index in [1.807, 2.05) is 6.92 Å². The maximum atomic E-state index is 13.6. The number of halogens is 3. The van der Waals surface area contributed by atoms with Crippen LogP contribution in [0.4, 0.5) is 13.2 Å². The van der Waals surface area contributed by atoms with Crippen LogP contribution < -0.4 is 0 Å². The molecule has 2 bridgehead atoms. The molecule has 0 N–H and O–H groups in total. The van der Waals surface area contributed by atoms with Gasteiger partial charge in [-0.2, -0.15) is 0 Å². The number of allylic oxidation sites excluding steroid dienone is 2. The molecule has 3 nitrogen and oxygen atoms in total. The van der Waals surface area contributed by atoms with Crippen LogP contribution in [0.1, 0.15) is 38.2 Å². The van der Waals surface area contributed by atoms with Gasteiger partial charge in [0.05, 0.1) is 19.8 Å². The lowest BCUT2D eigenvalue weighted by atomic mass is 9.67. The highest BCUT2D eigenvalue weighted by atomic mass is 19.2. The predicted molar refractivity (Wildman–Crippen MR) is 88.5 cm³/mol. The standard InChI is InChI=1S/C20H23F3O3/c1-2-3-13-4-6-14(7-5-13)19-10-24-20(25-11-19,26-12-19)15-8-16(21)18(23)17(22)9-15/h2-3,8-9,13-14H,4-7,10-12H2,1H3/b3-2+. The third kappa shape index (κ3) is 2.88. The molecular formula is C20H23F3O3. The molecule has 0 atom stereocenters. The van der Waals surface area contributed by atoms with Crippen molar-refractivity contribution in [2.45, 2.75) is 38.6 Å². The molecule has 3 heterocycles. The van der Waals surface area contributed by atoms with Crippen LogP contribution in [-0.2, 0) is 20.2 Å². The van der Waals surface area contributed by atoms with Crippen LogP contribution in [0.3, 0.4) is 0 Å². The molecule has 26 heavy (non-hydrogen) atoms. The number of hydrogen-bond donors (Lipinski definition) is 0. The van der Waals surface area contributed by atoms with E-state index in [0.717, 1.165) is 37.8 Å². The average molecular weight is 368 g/mol. The maximum absolute atomic E-state index is 13.6. The minimum atomic E-state index is -1.64. The summed E-state index contributed by atoms with van der Waals surface area (Å²) in [4.78, 5) is 0. The van der Waals surface area contributed by atoms with Crippen LogP contribution in [0.25, 0.3) is 0 Å². The Morgan fingerprint density at radius 3 is 1.96 bits per heavy atom. The molecule has 5 rings (SSSR count). The molecule has 0 radical (unpaired) electrons. The molecular weight excluding hydrogens is 345 g/mol. The second kappa shape index (κ2) is 6.66. The minimum Gasteiger partial charge on any atom is -0.323 e. The highest BCUT2D eigenvalue weighted by Gasteiger charge is 2.57. The Balaban J connectivity index is 1.48. The fourth-order valence-corrected chi connectivity index (χ4v) is 4.50. The molecule has 3 aliphatic heterocycles. The molecule has 4 fully saturated rings. The second-order valence-electron chi connectivity index (χ2n) is 7.68. The molecule has 1 aromatic carbocycles. The number of fused-ring (bicyclic) bond motifs is 3. The van der Waals surface area contributed by atoms with Gasteiger partial charge >= 0.3 is 5.97 Å². The fourth-order valence-electron chi connectivity index (χ4n) is 4.50. The van der Waals surface area contributed by atoms with Gasteiger partial charge in [-0.05, 0) is 56.6 Å². The first-order valence-electron chi connectivity index (χ1n) is 9.18. The van der Waals surface area contributed by atoms with Gasteiger partial charge in [0.15, 0.2) is 17.5 Å². The minimum absolute atomic E-state index is 0.0130. The summed E-state index contributed by atoms with van der Waals surface area (Å²) in [5.74, 6) is -4.65. The van der Waals surface area contributed by atoms with Crippen molar-refractivity contribution in [2.24, 2.45) is 17.3 Å². The zero-order valence-corrected chi connectivity index (χ0v) is 14.8. The van der Waals surface area contributed by atoms with E-state index in [2.05, 4.69) is 12.2 Å².